The second-order valence-corrected chi connectivity index (χ2v) is 6.77. The molecule has 0 radical (unpaired) electrons. The number of nitriles is 1. The lowest BCUT2D eigenvalue weighted by Crippen LogP contribution is -2.29. The van der Waals surface area contributed by atoms with E-state index in [0.717, 1.165) is 43.5 Å². The zero-order chi connectivity index (χ0) is 19.1. The molecule has 0 bridgehead atoms. The molecule has 0 unspecified atom stereocenters. The fourth-order valence-electron chi connectivity index (χ4n) is 3.24. The van der Waals surface area contributed by atoms with Crippen molar-refractivity contribution in [3.8, 4) is 11.8 Å². The summed E-state index contributed by atoms with van der Waals surface area (Å²) >= 11 is 0. The number of anilines is 2. The van der Waals surface area contributed by atoms with Crippen LogP contribution in [0.3, 0.4) is 0 Å². The van der Waals surface area contributed by atoms with E-state index in [1.165, 1.54) is 6.20 Å². The number of nitrogens with one attached hydrogen (secondary N) is 2. The van der Waals surface area contributed by atoms with Crippen molar-refractivity contribution in [3.63, 3.8) is 0 Å². The molecule has 1 fully saturated rings. The Morgan fingerprint density at radius 3 is 2.81 bits per heavy atom. The molecule has 0 spiro atoms. The van der Waals surface area contributed by atoms with Crippen LogP contribution >= 0.6 is 0 Å². The molecule has 0 aromatic carbocycles. The SMILES string of the molecule is COc1ccncc1CNc1ncc(C#N)c(NCC2CCC(N)CC2)n1. The molecular formula is C19H25N7O. The van der Waals surface area contributed by atoms with E-state index in [-0.39, 0.29) is 0 Å². The average molecular weight is 367 g/mol. The maximum absolute atomic E-state index is 9.33. The van der Waals surface area contributed by atoms with Crippen molar-refractivity contribution in [1.29, 1.82) is 5.26 Å². The molecule has 2 aromatic rings. The molecule has 0 atom stereocenters. The van der Waals surface area contributed by atoms with Crippen molar-refractivity contribution >= 4 is 11.8 Å². The Balaban J connectivity index is 1.63. The minimum absolute atomic E-state index is 0.329. The van der Waals surface area contributed by atoms with Gasteiger partial charge in [-0.1, -0.05) is 0 Å². The van der Waals surface area contributed by atoms with Crippen molar-refractivity contribution in [2.24, 2.45) is 11.7 Å². The molecule has 0 saturated heterocycles. The maximum atomic E-state index is 9.33. The Morgan fingerprint density at radius 2 is 2.07 bits per heavy atom. The van der Waals surface area contributed by atoms with Crippen molar-refractivity contribution in [1.82, 2.24) is 15.0 Å². The first-order valence-electron chi connectivity index (χ1n) is 9.17. The summed E-state index contributed by atoms with van der Waals surface area (Å²) in [6.45, 7) is 1.26. The van der Waals surface area contributed by atoms with E-state index in [2.05, 4.69) is 31.7 Å². The smallest absolute Gasteiger partial charge is 0.224 e. The van der Waals surface area contributed by atoms with Gasteiger partial charge in [0.25, 0.3) is 0 Å². The van der Waals surface area contributed by atoms with Crippen LogP contribution in [0.1, 0.15) is 36.8 Å². The Kier molecular flexibility index (Phi) is 6.39. The van der Waals surface area contributed by atoms with E-state index in [0.29, 0.717) is 35.8 Å². The second-order valence-electron chi connectivity index (χ2n) is 6.77. The number of aromatic nitrogens is 3. The molecule has 1 saturated carbocycles. The number of nitrogens with two attached hydrogens (primary N) is 1. The van der Waals surface area contributed by atoms with Gasteiger partial charge < -0.3 is 21.1 Å². The van der Waals surface area contributed by atoms with Crippen LogP contribution in [0.15, 0.2) is 24.7 Å². The zero-order valence-corrected chi connectivity index (χ0v) is 15.5. The van der Waals surface area contributed by atoms with E-state index in [1.54, 1.807) is 25.6 Å². The van der Waals surface area contributed by atoms with Crippen LogP contribution in [0.25, 0.3) is 0 Å². The van der Waals surface area contributed by atoms with E-state index in [1.807, 2.05) is 0 Å². The molecule has 3 rings (SSSR count). The number of pyridine rings is 1. The molecule has 4 N–H and O–H groups in total. The summed E-state index contributed by atoms with van der Waals surface area (Å²) in [5.41, 5.74) is 7.31. The highest BCUT2D eigenvalue weighted by Crippen LogP contribution is 2.24. The third-order valence-electron chi connectivity index (χ3n) is 4.87. The molecule has 27 heavy (non-hydrogen) atoms. The number of rotatable bonds is 7. The second kappa shape index (κ2) is 9.14. The summed E-state index contributed by atoms with van der Waals surface area (Å²) in [6, 6.07) is 4.28. The number of hydrogen-bond acceptors (Lipinski definition) is 8. The number of methoxy groups -OCH3 is 1. The van der Waals surface area contributed by atoms with Crippen LogP contribution < -0.4 is 21.1 Å². The Morgan fingerprint density at radius 1 is 1.26 bits per heavy atom. The van der Waals surface area contributed by atoms with Crippen molar-refractivity contribution in [3.05, 3.63) is 35.8 Å². The molecule has 1 aliphatic rings. The Labute approximate surface area is 159 Å². The van der Waals surface area contributed by atoms with Crippen LogP contribution in [0, 0.1) is 17.2 Å². The normalized spacial score (nSPS) is 19.1. The van der Waals surface area contributed by atoms with Crippen molar-refractivity contribution < 1.29 is 4.74 Å². The molecule has 0 amide bonds. The highest BCUT2D eigenvalue weighted by atomic mass is 16.5. The molecule has 2 heterocycles. The van der Waals surface area contributed by atoms with Crippen LogP contribution in [0.5, 0.6) is 5.75 Å². The van der Waals surface area contributed by atoms with E-state index >= 15 is 0 Å². The summed E-state index contributed by atoms with van der Waals surface area (Å²) in [6.07, 6.45) is 9.28. The minimum atomic E-state index is 0.329. The van der Waals surface area contributed by atoms with Gasteiger partial charge in [-0.3, -0.25) is 4.98 Å². The maximum Gasteiger partial charge on any atom is 0.224 e. The molecule has 2 aromatic heterocycles. The van der Waals surface area contributed by atoms with Gasteiger partial charge in [-0.05, 0) is 37.7 Å². The summed E-state index contributed by atoms with van der Waals surface area (Å²) < 4.78 is 5.32. The summed E-state index contributed by atoms with van der Waals surface area (Å²) in [4.78, 5) is 12.8. The zero-order valence-electron chi connectivity index (χ0n) is 15.5. The van der Waals surface area contributed by atoms with Crippen LogP contribution in [0.2, 0.25) is 0 Å². The first-order valence-corrected chi connectivity index (χ1v) is 9.17. The summed E-state index contributed by atoms with van der Waals surface area (Å²) in [7, 11) is 1.62. The third-order valence-corrected chi connectivity index (χ3v) is 4.87. The van der Waals surface area contributed by atoms with E-state index < -0.39 is 0 Å². The summed E-state index contributed by atoms with van der Waals surface area (Å²) in [5.74, 6) is 2.32. The van der Waals surface area contributed by atoms with Gasteiger partial charge >= 0.3 is 0 Å². The lowest BCUT2D eigenvalue weighted by molar-refractivity contribution is 0.338. The first-order chi connectivity index (χ1) is 13.2. The number of ether oxygens (including phenoxy) is 1. The summed E-state index contributed by atoms with van der Waals surface area (Å²) in [5, 5.41) is 15.8. The minimum Gasteiger partial charge on any atom is -0.496 e. The van der Waals surface area contributed by atoms with E-state index in [9.17, 15) is 5.26 Å². The van der Waals surface area contributed by atoms with Gasteiger partial charge in [0.2, 0.25) is 5.95 Å². The molecule has 8 nitrogen and oxygen atoms in total. The molecular weight excluding hydrogens is 342 g/mol. The largest absolute Gasteiger partial charge is 0.496 e. The number of nitrogens with zero attached hydrogens (tertiary/aromatic N) is 4. The van der Waals surface area contributed by atoms with Crippen LogP contribution in [-0.2, 0) is 6.54 Å². The van der Waals surface area contributed by atoms with Gasteiger partial charge in [0.15, 0.2) is 0 Å². The fraction of sp³-hybridized carbons (Fsp3) is 0.474. The van der Waals surface area contributed by atoms with Crippen molar-refractivity contribution in [2.45, 2.75) is 38.3 Å². The lowest BCUT2D eigenvalue weighted by atomic mass is 9.86. The quantitative estimate of drug-likeness (QED) is 0.681. The predicted molar refractivity (Wildman–Crippen MR) is 103 cm³/mol. The van der Waals surface area contributed by atoms with Crippen LogP contribution in [0.4, 0.5) is 11.8 Å². The molecule has 0 aliphatic heterocycles. The highest BCUT2D eigenvalue weighted by molar-refractivity contribution is 5.53. The topological polar surface area (TPSA) is 122 Å². The van der Waals surface area contributed by atoms with E-state index in [4.69, 9.17) is 10.5 Å². The lowest BCUT2D eigenvalue weighted by Gasteiger charge is -2.26. The Bertz CT molecular complexity index is 797. The predicted octanol–water partition coefficient (Wildman–Crippen LogP) is 2.29. The number of hydrogen-bond donors (Lipinski definition) is 3. The molecule has 1 aliphatic carbocycles. The van der Waals surface area contributed by atoms with Gasteiger partial charge in [0.1, 0.15) is 23.2 Å². The standard InChI is InChI=1S/C19H25N7O/c1-27-17-6-7-22-10-15(17)12-25-19-24-11-14(8-20)18(26-19)23-9-13-2-4-16(21)5-3-13/h6-7,10-11,13,16H,2-5,9,12,21H2,1H3,(H2,23,24,25,26). The average Bonchev–Trinajstić information content (AvgIpc) is 2.72. The van der Waals surface area contributed by atoms with Gasteiger partial charge in [-0.15, -0.1) is 0 Å². The monoisotopic (exact) mass is 367 g/mol. The van der Waals surface area contributed by atoms with Gasteiger partial charge in [0.05, 0.1) is 13.3 Å². The van der Waals surface area contributed by atoms with Gasteiger partial charge in [-0.2, -0.15) is 10.2 Å². The van der Waals surface area contributed by atoms with Gasteiger partial charge in [-0.25, -0.2) is 4.98 Å². The first kappa shape index (κ1) is 18.9. The third kappa shape index (κ3) is 5.05. The highest BCUT2D eigenvalue weighted by Gasteiger charge is 2.19. The Hall–Kier alpha value is -2.92. The fourth-order valence-corrected chi connectivity index (χ4v) is 3.24. The van der Waals surface area contributed by atoms with Crippen LogP contribution in [-0.4, -0.2) is 34.6 Å². The van der Waals surface area contributed by atoms with Crippen molar-refractivity contribution in [2.75, 3.05) is 24.3 Å². The van der Waals surface area contributed by atoms with Gasteiger partial charge in [0, 0.05) is 37.1 Å². The molecule has 142 valence electrons. The molecule has 8 heteroatoms.